The van der Waals surface area contributed by atoms with Crippen molar-refractivity contribution in [2.45, 2.75) is 18.4 Å². The molecule has 1 aliphatic rings. The van der Waals surface area contributed by atoms with Crippen LogP contribution >= 0.6 is 0 Å². The number of halogens is 1. The fraction of sp³-hybridized carbons (Fsp3) is 0.364. The van der Waals surface area contributed by atoms with Gasteiger partial charge in [0.15, 0.2) is 11.5 Å². The van der Waals surface area contributed by atoms with E-state index >= 15 is 0 Å². The number of nitrogens with zero attached hydrogens (tertiary/aromatic N) is 2. The molecule has 1 fully saturated rings. The Bertz CT molecular complexity index is 1120. The highest BCUT2D eigenvalue weighted by molar-refractivity contribution is 6.01. The Kier molecular flexibility index (Phi) is 5.45. The molecule has 2 aromatic heterocycles. The van der Waals surface area contributed by atoms with Gasteiger partial charge >= 0.3 is 0 Å². The monoisotopic (exact) mass is 429 g/mol. The van der Waals surface area contributed by atoms with Gasteiger partial charge in [-0.05, 0) is 31.0 Å². The molecular formula is C22H24FN3O5. The van der Waals surface area contributed by atoms with Crippen LogP contribution in [0.25, 0.3) is 10.9 Å². The SMILES string of the molecule is COc1cc2cc(C(=O)N3CCC(O)(c4cccnc4F)CC3)[nH]c2c(OC)c1OC. The van der Waals surface area contributed by atoms with Crippen molar-refractivity contribution in [1.82, 2.24) is 14.9 Å². The van der Waals surface area contributed by atoms with Gasteiger partial charge in [0.05, 0.1) is 32.4 Å². The zero-order valence-electron chi connectivity index (χ0n) is 17.6. The minimum absolute atomic E-state index is 0.164. The molecule has 3 heterocycles. The quantitative estimate of drug-likeness (QED) is 0.606. The molecule has 1 aliphatic heterocycles. The van der Waals surface area contributed by atoms with Gasteiger partial charge in [0.2, 0.25) is 11.7 Å². The van der Waals surface area contributed by atoms with Gasteiger partial charge in [0.1, 0.15) is 5.69 Å². The second-order valence-corrected chi connectivity index (χ2v) is 7.46. The minimum atomic E-state index is -1.35. The van der Waals surface area contributed by atoms with Crippen LogP contribution in [0.3, 0.4) is 0 Å². The first-order valence-electron chi connectivity index (χ1n) is 9.86. The van der Waals surface area contributed by atoms with Crippen molar-refractivity contribution in [2.24, 2.45) is 0 Å². The van der Waals surface area contributed by atoms with E-state index in [0.717, 1.165) is 5.39 Å². The number of ether oxygens (including phenoxy) is 3. The smallest absolute Gasteiger partial charge is 0.270 e. The van der Waals surface area contributed by atoms with E-state index < -0.39 is 11.5 Å². The zero-order chi connectivity index (χ0) is 22.2. The summed E-state index contributed by atoms with van der Waals surface area (Å²) in [5, 5.41) is 11.7. The van der Waals surface area contributed by atoms with Gasteiger partial charge in [-0.1, -0.05) is 6.07 Å². The first kappa shape index (κ1) is 20.9. The van der Waals surface area contributed by atoms with Crippen molar-refractivity contribution in [3.8, 4) is 17.2 Å². The number of nitrogens with one attached hydrogen (secondary N) is 1. The van der Waals surface area contributed by atoms with Crippen LogP contribution < -0.4 is 14.2 Å². The second-order valence-electron chi connectivity index (χ2n) is 7.46. The molecule has 0 aliphatic carbocycles. The van der Waals surface area contributed by atoms with E-state index in [1.165, 1.54) is 33.6 Å². The number of amides is 1. The van der Waals surface area contributed by atoms with Crippen LogP contribution in [0, 0.1) is 5.95 Å². The Balaban J connectivity index is 1.59. The van der Waals surface area contributed by atoms with Gasteiger partial charge in [-0.25, -0.2) is 4.98 Å². The Hall–Kier alpha value is -3.33. The highest BCUT2D eigenvalue weighted by Crippen LogP contribution is 2.43. The summed E-state index contributed by atoms with van der Waals surface area (Å²) in [6.45, 7) is 0.561. The van der Waals surface area contributed by atoms with Crippen molar-refractivity contribution in [3.63, 3.8) is 0 Å². The van der Waals surface area contributed by atoms with Crippen molar-refractivity contribution in [1.29, 1.82) is 0 Å². The lowest BCUT2D eigenvalue weighted by atomic mass is 9.85. The summed E-state index contributed by atoms with van der Waals surface area (Å²) in [7, 11) is 4.56. The number of methoxy groups -OCH3 is 3. The summed E-state index contributed by atoms with van der Waals surface area (Å²) in [6, 6.07) is 6.62. The maximum Gasteiger partial charge on any atom is 0.270 e. The molecule has 1 saturated heterocycles. The number of aliphatic hydroxyl groups is 1. The van der Waals surface area contributed by atoms with Crippen molar-refractivity contribution in [2.75, 3.05) is 34.4 Å². The summed E-state index contributed by atoms with van der Waals surface area (Å²) >= 11 is 0. The molecular weight excluding hydrogens is 405 g/mol. The zero-order valence-corrected chi connectivity index (χ0v) is 17.6. The summed E-state index contributed by atoms with van der Waals surface area (Å²) in [5.41, 5.74) is -0.188. The summed E-state index contributed by atoms with van der Waals surface area (Å²) in [5.74, 6) is 0.461. The average Bonchev–Trinajstić information content (AvgIpc) is 3.21. The molecule has 0 radical (unpaired) electrons. The number of aromatic amines is 1. The largest absolute Gasteiger partial charge is 0.493 e. The molecule has 0 bridgehead atoms. The van der Waals surface area contributed by atoms with Crippen LogP contribution in [0.5, 0.6) is 17.2 Å². The lowest BCUT2D eigenvalue weighted by Gasteiger charge is -2.38. The Morgan fingerprint density at radius 2 is 1.87 bits per heavy atom. The standard InChI is InChI=1S/C22H24FN3O5/c1-29-16-12-13-11-15(25-17(13)19(31-3)18(16)30-2)21(27)26-9-6-22(28,7-10-26)14-5-4-8-24-20(14)23/h4-5,8,11-12,25,28H,6-7,9-10H2,1-3H3. The number of carbonyl (C=O) groups excluding carboxylic acids is 1. The van der Waals surface area contributed by atoms with E-state index in [1.807, 2.05) is 0 Å². The molecule has 1 amide bonds. The van der Waals surface area contributed by atoms with Crippen molar-refractivity contribution >= 4 is 16.8 Å². The molecule has 31 heavy (non-hydrogen) atoms. The van der Waals surface area contributed by atoms with Gasteiger partial charge in [-0.15, -0.1) is 0 Å². The lowest BCUT2D eigenvalue weighted by molar-refractivity contribution is -0.0242. The molecule has 0 unspecified atom stereocenters. The van der Waals surface area contributed by atoms with Crippen LogP contribution in [0.1, 0.15) is 28.9 Å². The predicted octanol–water partition coefficient (Wildman–Crippen LogP) is 2.85. The number of likely N-dealkylation sites (tertiary alicyclic amines) is 1. The predicted molar refractivity (Wildman–Crippen MR) is 111 cm³/mol. The van der Waals surface area contributed by atoms with E-state index in [0.29, 0.717) is 28.5 Å². The number of pyridine rings is 1. The van der Waals surface area contributed by atoms with Crippen LogP contribution in [0.15, 0.2) is 30.5 Å². The van der Waals surface area contributed by atoms with Gasteiger partial charge in [0.25, 0.3) is 5.91 Å². The molecule has 0 saturated carbocycles. The number of fused-ring (bicyclic) bond motifs is 1. The summed E-state index contributed by atoms with van der Waals surface area (Å²) < 4.78 is 30.3. The Morgan fingerprint density at radius 3 is 2.48 bits per heavy atom. The van der Waals surface area contributed by atoms with Crippen molar-refractivity contribution in [3.05, 3.63) is 47.7 Å². The van der Waals surface area contributed by atoms with Crippen LogP contribution in [-0.2, 0) is 5.60 Å². The topological polar surface area (TPSA) is 96.9 Å². The summed E-state index contributed by atoms with van der Waals surface area (Å²) in [6.07, 6.45) is 1.77. The van der Waals surface area contributed by atoms with Crippen LogP contribution in [0.4, 0.5) is 4.39 Å². The molecule has 1 aromatic carbocycles. The van der Waals surface area contributed by atoms with E-state index in [9.17, 15) is 14.3 Å². The molecule has 0 spiro atoms. The van der Waals surface area contributed by atoms with E-state index in [1.54, 1.807) is 23.1 Å². The lowest BCUT2D eigenvalue weighted by Crippen LogP contribution is -2.45. The van der Waals surface area contributed by atoms with E-state index in [4.69, 9.17) is 14.2 Å². The maximum absolute atomic E-state index is 14.1. The maximum atomic E-state index is 14.1. The van der Waals surface area contributed by atoms with Gasteiger partial charge in [0, 0.05) is 30.2 Å². The highest BCUT2D eigenvalue weighted by atomic mass is 19.1. The number of hydrogen-bond acceptors (Lipinski definition) is 6. The van der Waals surface area contributed by atoms with E-state index in [-0.39, 0.29) is 37.4 Å². The number of aromatic nitrogens is 2. The number of H-pyrrole nitrogens is 1. The fourth-order valence-corrected chi connectivity index (χ4v) is 4.11. The number of rotatable bonds is 5. The highest BCUT2D eigenvalue weighted by Gasteiger charge is 2.38. The molecule has 3 aromatic rings. The first-order valence-corrected chi connectivity index (χ1v) is 9.86. The van der Waals surface area contributed by atoms with E-state index in [2.05, 4.69) is 9.97 Å². The molecule has 164 valence electrons. The first-order chi connectivity index (χ1) is 14.9. The second kappa shape index (κ2) is 8.07. The third-order valence-electron chi connectivity index (χ3n) is 5.79. The number of carbonyl (C=O) groups is 1. The Labute approximate surface area is 178 Å². The molecule has 4 rings (SSSR count). The van der Waals surface area contributed by atoms with Crippen LogP contribution in [0.2, 0.25) is 0 Å². The molecule has 2 N–H and O–H groups in total. The minimum Gasteiger partial charge on any atom is -0.493 e. The van der Waals surface area contributed by atoms with Gasteiger partial charge in [-0.3, -0.25) is 4.79 Å². The third kappa shape index (κ3) is 3.54. The van der Waals surface area contributed by atoms with Gasteiger partial charge in [-0.2, -0.15) is 4.39 Å². The number of hydrogen-bond donors (Lipinski definition) is 2. The number of piperidine rings is 1. The number of benzene rings is 1. The summed E-state index contributed by atoms with van der Waals surface area (Å²) in [4.78, 5) is 21.5. The molecule has 8 nitrogen and oxygen atoms in total. The molecule has 9 heteroatoms. The normalized spacial score (nSPS) is 15.7. The average molecular weight is 429 g/mol. The van der Waals surface area contributed by atoms with Gasteiger partial charge < -0.3 is 29.2 Å². The fourth-order valence-electron chi connectivity index (χ4n) is 4.11. The Morgan fingerprint density at radius 1 is 1.16 bits per heavy atom. The molecule has 0 atom stereocenters. The van der Waals surface area contributed by atoms with Crippen LogP contribution in [-0.4, -0.2) is 60.3 Å². The van der Waals surface area contributed by atoms with Crippen molar-refractivity contribution < 1.29 is 28.5 Å². The third-order valence-corrected chi connectivity index (χ3v) is 5.79.